The van der Waals surface area contributed by atoms with Crippen LogP contribution >= 0.6 is 0 Å². The predicted molar refractivity (Wildman–Crippen MR) is 96.2 cm³/mol. The summed E-state index contributed by atoms with van der Waals surface area (Å²) in [7, 11) is 0. The molecule has 0 bridgehead atoms. The van der Waals surface area contributed by atoms with Gasteiger partial charge in [0.1, 0.15) is 17.2 Å². The second-order valence-corrected chi connectivity index (χ2v) is 5.25. The molecule has 0 fully saturated rings. The van der Waals surface area contributed by atoms with Crippen LogP contribution in [0.1, 0.15) is 11.3 Å². The SMILES string of the molecule is O=c1[nH]c(/C=C/c2cccc(Oc3ccccc3)c2)c([N+](=O)[O-])c(=O)[nH]1. The molecule has 0 saturated carbocycles. The van der Waals surface area contributed by atoms with E-state index in [2.05, 4.69) is 4.98 Å². The summed E-state index contributed by atoms with van der Waals surface area (Å²) in [6.45, 7) is 0. The lowest BCUT2D eigenvalue weighted by Crippen LogP contribution is -2.25. The van der Waals surface area contributed by atoms with Crippen molar-refractivity contribution in [2.24, 2.45) is 0 Å². The summed E-state index contributed by atoms with van der Waals surface area (Å²) in [5.74, 6) is 1.25. The van der Waals surface area contributed by atoms with Crippen LogP contribution in [0.15, 0.2) is 64.2 Å². The van der Waals surface area contributed by atoms with Crippen LogP contribution in [-0.4, -0.2) is 14.9 Å². The zero-order chi connectivity index (χ0) is 18.5. The molecule has 2 N–H and O–H groups in total. The molecule has 0 spiro atoms. The predicted octanol–water partition coefficient (Wildman–Crippen LogP) is 2.93. The molecule has 0 aliphatic carbocycles. The number of hydrogen-bond acceptors (Lipinski definition) is 5. The third-order valence-corrected chi connectivity index (χ3v) is 3.41. The van der Waals surface area contributed by atoms with E-state index in [0.717, 1.165) is 0 Å². The van der Waals surface area contributed by atoms with Crippen LogP contribution in [0, 0.1) is 10.1 Å². The Kier molecular flexibility index (Phi) is 4.75. The Hall–Kier alpha value is -3.94. The molecular weight excluding hydrogens is 338 g/mol. The molecule has 3 rings (SSSR count). The number of nitro groups is 1. The van der Waals surface area contributed by atoms with Gasteiger partial charge in [0.15, 0.2) is 0 Å². The first kappa shape index (κ1) is 16.9. The van der Waals surface area contributed by atoms with E-state index < -0.39 is 21.9 Å². The maximum Gasteiger partial charge on any atom is 0.357 e. The Balaban J connectivity index is 1.90. The number of nitrogens with zero attached hydrogens (tertiary/aromatic N) is 1. The Morgan fingerprint density at radius 3 is 2.38 bits per heavy atom. The van der Waals surface area contributed by atoms with Gasteiger partial charge in [0.25, 0.3) is 0 Å². The zero-order valence-corrected chi connectivity index (χ0v) is 13.3. The van der Waals surface area contributed by atoms with Crippen LogP contribution in [0.25, 0.3) is 12.2 Å². The number of hydrogen-bond donors (Lipinski definition) is 2. The second kappa shape index (κ2) is 7.31. The summed E-state index contributed by atoms with van der Waals surface area (Å²) in [6, 6.07) is 16.2. The minimum Gasteiger partial charge on any atom is -0.457 e. The average molecular weight is 351 g/mol. The maximum absolute atomic E-state index is 11.6. The van der Waals surface area contributed by atoms with Crippen molar-refractivity contribution in [1.29, 1.82) is 0 Å². The summed E-state index contributed by atoms with van der Waals surface area (Å²) in [5, 5.41) is 11.0. The zero-order valence-electron chi connectivity index (χ0n) is 13.3. The number of benzene rings is 2. The van der Waals surface area contributed by atoms with Gasteiger partial charge in [-0.1, -0.05) is 36.4 Å². The van der Waals surface area contributed by atoms with Gasteiger partial charge >= 0.3 is 16.9 Å². The van der Waals surface area contributed by atoms with E-state index in [0.29, 0.717) is 17.1 Å². The van der Waals surface area contributed by atoms with Gasteiger partial charge in [-0.25, -0.2) is 4.79 Å². The first-order chi connectivity index (χ1) is 12.5. The monoisotopic (exact) mass is 351 g/mol. The Labute approximate surface area is 146 Å². The topological polar surface area (TPSA) is 118 Å². The minimum absolute atomic E-state index is 0.182. The molecule has 8 nitrogen and oxygen atoms in total. The highest BCUT2D eigenvalue weighted by Crippen LogP contribution is 2.23. The van der Waals surface area contributed by atoms with Crippen molar-refractivity contribution in [3.63, 3.8) is 0 Å². The average Bonchev–Trinajstić information content (AvgIpc) is 2.60. The van der Waals surface area contributed by atoms with Crippen molar-refractivity contribution < 1.29 is 9.66 Å². The summed E-state index contributed by atoms with van der Waals surface area (Å²) in [4.78, 5) is 37.2. The smallest absolute Gasteiger partial charge is 0.357 e. The van der Waals surface area contributed by atoms with Crippen molar-refractivity contribution in [2.75, 3.05) is 0 Å². The van der Waals surface area contributed by atoms with Gasteiger partial charge in [0.05, 0.1) is 4.92 Å². The number of rotatable bonds is 5. The Morgan fingerprint density at radius 1 is 0.923 bits per heavy atom. The largest absolute Gasteiger partial charge is 0.457 e. The molecule has 0 amide bonds. The molecule has 0 radical (unpaired) electrons. The van der Waals surface area contributed by atoms with Crippen LogP contribution in [0.5, 0.6) is 11.5 Å². The standard InChI is InChI=1S/C18H13N3O5/c22-17-16(21(24)25)15(19-18(23)20-17)10-9-12-5-4-8-14(11-12)26-13-6-2-1-3-7-13/h1-11H,(H2,19,20,22,23)/b10-9+. The van der Waals surface area contributed by atoms with Gasteiger partial charge in [0.2, 0.25) is 0 Å². The summed E-state index contributed by atoms with van der Waals surface area (Å²) in [5.41, 5.74) is -2.11. The van der Waals surface area contributed by atoms with Crippen molar-refractivity contribution in [3.8, 4) is 11.5 Å². The number of aromatic nitrogens is 2. The van der Waals surface area contributed by atoms with E-state index in [1.165, 1.54) is 12.2 Å². The van der Waals surface area contributed by atoms with Gasteiger partial charge in [0, 0.05) is 0 Å². The molecule has 1 aromatic heterocycles. The molecule has 130 valence electrons. The number of H-pyrrole nitrogens is 2. The lowest BCUT2D eigenvalue weighted by molar-refractivity contribution is -0.386. The van der Waals surface area contributed by atoms with E-state index in [9.17, 15) is 19.7 Å². The third kappa shape index (κ3) is 3.93. The van der Waals surface area contributed by atoms with Crippen molar-refractivity contribution >= 4 is 17.8 Å². The van der Waals surface area contributed by atoms with E-state index >= 15 is 0 Å². The van der Waals surface area contributed by atoms with Gasteiger partial charge in [-0.15, -0.1) is 0 Å². The number of ether oxygens (including phenoxy) is 1. The first-order valence-electron chi connectivity index (χ1n) is 7.55. The highest BCUT2D eigenvalue weighted by Gasteiger charge is 2.18. The maximum atomic E-state index is 11.6. The highest BCUT2D eigenvalue weighted by atomic mass is 16.6. The minimum atomic E-state index is -1.06. The van der Waals surface area contributed by atoms with Gasteiger partial charge < -0.3 is 9.72 Å². The number of nitrogens with one attached hydrogen (secondary N) is 2. The second-order valence-electron chi connectivity index (χ2n) is 5.25. The van der Waals surface area contributed by atoms with Gasteiger partial charge in [-0.05, 0) is 35.9 Å². The molecule has 0 aliphatic rings. The lowest BCUT2D eigenvalue weighted by atomic mass is 10.2. The molecule has 0 atom stereocenters. The molecule has 26 heavy (non-hydrogen) atoms. The normalized spacial score (nSPS) is 10.8. The first-order valence-corrected chi connectivity index (χ1v) is 7.55. The van der Waals surface area contributed by atoms with Crippen molar-refractivity contribution in [2.45, 2.75) is 0 Å². The molecule has 3 aromatic rings. The Bertz CT molecular complexity index is 1080. The van der Waals surface area contributed by atoms with Crippen molar-refractivity contribution in [3.05, 3.63) is 96.8 Å². The molecular formula is C18H13N3O5. The molecule has 0 aliphatic heterocycles. The fourth-order valence-corrected chi connectivity index (χ4v) is 2.29. The van der Waals surface area contributed by atoms with Crippen molar-refractivity contribution in [1.82, 2.24) is 9.97 Å². The highest BCUT2D eigenvalue weighted by molar-refractivity contribution is 5.72. The van der Waals surface area contributed by atoms with E-state index in [-0.39, 0.29) is 5.69 Å². The molecule has 1 heterocycles. The number of aromatic amines is 2. The quantitative estimate of drug-likeness (QED) is 0.541. The van der Waals surface area contributed by atoms with Crippen LogP contribution in [-0.2, 0) is 0 Å². The molecule has 8 heteroatoms. The van der Waals surface area contributed by atoms with E-state index in [1.807, 2.05) is 35.3 Å². The van der Waals surface area contributed by atoms with Gasteiger partial charge in [-0.3, -0.25) is 19.9 Å². The summed E-state index contributed by atoms with van der Waals surface area (Å²) in [6.07, 6.45) is 2.84. The Morgan fingerprint density at radius 2 is 1.65 bits per heavy atom. The van der Waals surface area contributed by atoms with E-state index in [1.54, 1.807) is 24.3 Å². The molecule has 2 aromatic carbocycles. The number of para-hydroxylation sites is 1. The molecule has 0 saturated heterocycles. The van der Waals surface area contributed by atoms with E-state index in [4.69, 9.17) is 4.74 Å². The summed E-state index contributed by atoms with van der Waals surface area (Å²) >= 11 is 0. The molecule has 0 unspecified atom stereocenters. The lowest BCUT2D eigenvalue weighted by Gasteiger charge is -2.05. The van der Waals surface area contributed by atoms with Crippen LogP contribution < -0.4 is 16.0 Å². The van der Waals surface area contributed by atoms with Gasteiger partial charge in [-0.2, -0.15) is 0 Å². The van der Waals surface area contributed by atoms with Crippen LogP contribution in [0.3, 0.4) is 0 Å². The van der Waals surface area contributed by atoms with Crippen LogP contribution in [0.4, 0.5) is 5.69 Å². The third-order valence-electron chi connectivity index (χ3n) is 3.41. The fraction of sp³-hybridized carbons (Fsp3) is 0. The summed E-state index contributed by atoms with van der Waals surface area (Å²) < 4.78 is 5.72. The van der Waals surface area contributed by atoms with Crippen LogP contribution in [0.2, 0.25) is 0 Å². The fourth-order valence-electron chi connectivity index (χ4n) is 2.29.